The highest BCUT2D eigenvalue weighted by Crippen LogP contribution is 2.29. The van der Waals surface area contributed by atoms with E-state index in [-0.39, 0.29) is 13.2 Å². The molecule has 0 radical (unpaired) electrons. The Morgan fingerprint density at radius 2 is 1.31 bits per heavy atom. The zero-order valence-corrected chi connectivity index (χ0v) is 9.00. The second-order valence-electron chi connectivity index (χ2n) is 3.68. The standard InChI is InChI=1S/C8H12O4.C2H6O2/c9-7(10)5-2-1-3-6(4-5)8(11)12;3-1-2-4/h5-6H,1-4H2,(H,9,10)(H,11,12);3-4H,1-2H2. The quantitative estimate of drug-likeness (QED) is 0.543. The fourth-order valence-corrected chi connectivity index (χ4v) is 1.64. The summed E-state index contributed by atoms with van der Waals surface area (Å²) < 4.78 is 0. The van der Waals surface area contributed by atoms with Gasteiger partial charge in [-0.05, 0) is 19.3 Å². The molecule has 0 spiro atoms. The summed E-state index contributed by atoms with van der Waals surface area (Å²) in [5, 5.41) is 32.5. The molecule has 0 aromatic carbocycles. The number of hydrogen-bond donors (Lipinski definition) is 4. The molecule has 2 atom stereocenters. The van der Waals surface area contributed by atoms with Crippen molar-refractivity contribution < 1.29 is 30.0 Å². The molecule has 4 N–H and O–H groups in total. The van der Waals surface area contributed by atoms with Crippen molar-refractivity contribution in [2.75, 3.05) is 13.2 Å². The molecule has 6 nitrogen and oxygen atoms in total. The summed E-state index contributed by atoms with van der Waals surface area (Å²) in [6.45, 7) is -0.250. The first-order valence-corrected chi connectivity index (χ1v) is 5.20. The zero-order chi connectivity index (χ0) is 12.6. The molecule has 1 rings (SSSR count). The number of aliphatic carboxylic acids is 2. The lowest BCUT2D eigenvalue weighted by Crippen LogP contribution is -2.26. The van der Waals surface area contributed by atoms with E-state index in [0.29, 0.717) is 25.7 Å². The summed E-state index contributed by atoms with van der Waals surface area (Å²) >= 11 is 0. The van der Waals surface area contributed by atoms with Crippen molar-refractivity contribution >= 4 is 11.9 Å². The fourth-order valence-electron chi connectivity index (χ4n) is 1.64. The van der Waals surface area contributed by atoms with E-state index in [1.165, 1.54) is 0 Å². The van der Waals surface area contributed by atoms with Gasteiger partial charge in [0.1, 0.15) is 0 Å². The number of aliphatic hydroxyl groups excluding tert-OH is 2. The van der Waals surface area contributed by atoms with E-state index >= 15 is 0 Å². The predicted molar refractivity (Wildman–Crippen MR) is 54.9 cm³/mol. The van der Waals surface area contributed by atoms with E-state index in [1.807, 2.05) is 0 Å². The summed E-state index contributed by atoms with van der Waals surface area (Å²) in [7, 11) is 0. The van der Waals surface area contributed by atoms with Gasteiger partial charge in [0.05, 0.1) is 25.0 Å². The van der Waals surface area contributed by atoms with Crippen LogP contribution in [0.4, 0.5) is 0 Å². The molecule has 0 aromatic rings. The first-order chi connectivity index (χ1) is 7.52. The smallest absolute Gasteiger partial charge is 0.306 e. The van der Waals surface area contributed by atoms with Crippen LogP contribution in [0.5, 0.6) is 0 Å². The van der Waals surface area contributed by atoms with Crippen LogP contribution in [0.1, 0.15) is 25.7 Å². The molecule has 1 aliphatic rings. The lowest BCUT2D eigenvalue weighted by atomic mass is 9.81. The van der Waals surface area contributed by atoms with Crippen LogP contribution in [-0.2, 0) is 9.59 Å². The minimum atomic E-state index is -0.860. The highest BCUT2D eigenvalue weighted by Gasteiger charge is 2.30. The number of carbonyl (C=O) groups is 2. The minimum Gasteiger partial charge on any atom is -0.481 e. The van der Waals surface area contributed by atoms with Gasteiger partial charge in [0, 0.05) is 0 Å². The van der Waals surface area contributed by atoms with E-state index in [1.54, 1.807) is 0 Å². The lowest BCUT2D eigenvalue weighted by molar-refractivity contribution is -0.147. The van der Waals surface area contributed by atoms with Crippen LogP contribution in [0, 0.1) is 11.8 Å². The van der Waals surface area contributed by atoms with Crippen LogP contribution >= 0.6 is 0 Å². The summed E-state index contributed by atoms with van der Waals surface area (Å²) in [4.78, 5) is 21.1. The van der Waals surface area contributed by atoms with E-state index in [2.05, 4.69) is 0 Å². The molecule has 0 saturated heterocycles. The number of hydrogen-bond acceptors (Lipinski definition) is 4. The Balaban J connectivity index is 0.000000487. The largest absolute Gasteiger partial charge is 0.481 e. The van der Waals surface area contributed by atoms with Gasteiger partial charge in [-0.25, -0.2) is 0 Å². The molecule has 0 amide bonds. The van der Waals surface area contributed by atoms with Gasteiger partial charge in [-0.3, -0.25) is 9.59 Å². The molecule has 1 fully saturated rings. The number of rotatable bonds is 3. The van der Waals surface area contributed by atoms with E-state index in [9.17, 15) is 9.59 Å². The van der Waals surface area contributed by atoms with Crippen LogP contribution < -0.4 is 0 Å². The van der Waals surface area contributed by atoms with Crippen molar-refractivity contribution in [3.05, 3.63) is 0 Å². The van der Waals surface area contributed by atoms with Crippen molar-refractivity contribution in [3.8, 4) is 0 Å². The van der Waals surface area contributed by atoms with Gasteiger partial charge in [-0.15, -0.1) is 0 Å². The van der Waals surface area contributed by atoms with Crippen LogP contribution in [0.2, 0.25) is 0 Å². The highest BCUT2D eigenvalue weighted by molar-refractivity contribution is 5.74. The number of carboxylic acids is 2. The Morgan fingerprint density at radius 1 is 0.938 bits per heavy atom. The normalized spacial score (nSPS) is 24.1. The van der Waals surface area contributed by atoms with Gasteiger partial charge in [0.15, 0.2) is 0 Å². The van der Waals surface area contributed by atoms with Gasteiger partial charge < -0.3 is 20.4 Å². The van der Waals surface area contributed by atoms with Gasteiger partial charge in [-0.2, -0.15) is 0 Å². The summed E-state index contributed by atoms with van der Waals surface area (Å²) in [6.07, 6.45) is 2.26. The Bertz CT molecular complexity index is 205. The molecule has 2 unspecified atom stereocenters. The third-order valence-corrected chi connectivity index (χ3v) is 2.47. The van der Waals surface area contributed by atoms with Crippen molar-refractivity contribution in [2.24, 2.45) is 11.8 Å². The van der Waals surface area contributed by atoms with Crippen LogP contribution in [0.15, 0.2) is 0 Å². The van der Waals surface area contributed by atoms with Crippen molar-refractivity contribution in [2.45, 2.75) is 25.7 Å². The molecule has 16 heavy (non-hydrogen) atoms. The van der Waals surface area contributed by atoms with Crippen LogP contribution in [0.3, 0.4) is 0 Å². The second kappa shape index (κ2) is 8.06. The topological polar surface area (TPSA) is 115 Å². The zero-order valence-electron chi connectivity index (χ0n) is 9.00. The second-order valence-corrected chi connectivity index (χ2v) is 3.68. The molecule has 1 aliphatic carbocycles. The van der Waals surface area contributed by atoms with Crippen LogP contribution in [-0.4, -0.2) is 45.6 Å². The Morgan fingerprint density at radius 3 is 1.56 bits per heavy atom. The molecule has 94 valence electrons. The molecular weight excluding hydrogens is 216 g/mol. The highest BCUT2D eigenvalue weighted by atomic mass is 16.4. The molecule has 1 saturated carbocycles. The van der Waals surface area contributed by atoms with Gasteiger partial charge in [-0.1, -0.05) is 6.42 Å². The van der Waals surface area contributed by atoms with Crippen molar-refractivity contribution in [3.63, 3.8) is 0 Å². The monoisotopic (exact) mass is 234 g/mol. The average Bonchev–Trinajstić information content (AvgIpc) is 2.29. The average molecular weight is 234 g/mol. The SMILES string of the molecule is O=C(O)C1CCCC(C(=O)O)C1.OCCO. The maximum absolute atomic E-state index is 10.5. The maximum atomic E-state index is 10.5. The Labute approximate surface area is 93.5 Å². The summed E-state index contributed by atoms with van der Waals surface area (Å²) in [6, 6.07) is 0. The molecular formula is C10H18O6. The van der Waals surface area contributed by atoms with Crippen LogP contribution in [0.25, 0.3) is 0 Å². The summed E-state index contributed by atoms with van der Waals surface area (Å²) in [5.41, 5.74) is 0. The first kappa shape index (κ1) is 14.9. The minimum absolute atomic E-state index is 0.125. The van der Waals surface area contributed by atoms with E-state index in [0.717, 1.165) is 0 Å². The molecule has 0 bridgehead atoms. The molecule has 0 aromatic heterocycles. The van der Waals surface area contributed by atoms with Gasteiger partial charge in [0.25, 0.3) is 0 Å². The van der Waals surface area contributed by atoms with Crippen molar-refractivity contribution in [1.82, 2.24) is 0 Å². The number of carboxylic acid groups (broad SMARTS) is 2. The lowest BCUT2D eigenvalue weighted by Gasteiger charge is -2.23. The van der Waals surface area contributed by atoms with E-state index < -0.39 is 23.8 Å². The third kappa shape index (κ3) is 5.67. The predicted octanol–water partition coefficient (Wildman–Crippen LogP) is -0.0670. The summed E-state index contributed by atoms with van der Waals surface area (Å²) in [5.74, 6) is -2.61. The van der Waals surface area contributed by atoms with E-state index in [4.69, 9.17) is 20.4 Å². The first-order valence-electron chi connectivity index (χ1n) is 5.20. The fraction of sp³-hybridized carbons (Fsp3) is 0.800. The Hall–Kier alpha value is -1.14. The number of aliphatic hydroxyl groups is 2. The van der Waals surface area contributed by atoms with Crippen molar-refractivity contribution in [1.29, 1.82) is 0 Å². The maximum Gasteiger partial charge on any atom is 0.306 e. The molecule has 6 heteroatoms. The van der Waals surface area contributed by atoms with Gasteiger partial charge >= 0.3 is 11.9 Å². The molecule has 0 heterocycles. The third-order valence-electron chi connectivity index (χ3n) is 2.47. The van der Waals surface area contributed by atoms with Gasteiger partial charge in [0.2, 0.25) is 0 Å². The Kier molecular flexibility index (Phi) is 7.49. The molecule has 0 aliphatic heterocycles.